The van der Waals surface area contributed by atoms with Crippen molar-refractivity contribution >= 4 is 21.6 Å². The molecular formula is C29H46N4O7S. The Morgan fingerprint density at radius 2 is 1.88 bits per heavy atom. The van der Waals surface area contributed by atoms with Crippen LogP contribution in [0.4, 0.5) is 5.69 Å². The van der Waals surface area contributed by atoms with Gasteiger partial charge in [0.25, 0.3) is 5.91 Å². The van der Waals surface area contributed by atoms with Crippen molar-refractivity contribution in [2.75, 3.05) is 52.3 Å². The van der Waals surface area contributed by atoms with Gasteiger partial charge in [0.15, 0.2) is 5.76 Å². The molecule has 1 aromatic heterocycles. The van der Waals surface area contributed by atoms with Crippen LogP contribution in [-0.4, -0.2) is 99.5 Å². The predicted molar refractivity (Wildman–Crippen MR) is 157 cm³/mol. The molecule has 41 heavy (non-hydrogen) atoms. The molecule has 0 saturated carbocycles. The molecule has 0 unspecified atom stereocenters. The summed E-state index contributed by atoms with van der Waals surface area (Å²) in [6.07, 6.45) is 1.76. The van der Waals surface area contributed by atoms with Crippen LogP contribution in [0.3, 0.4) is 0 Å². The van der Waals surface area contributed by atoms with Gasteiger partial charge in [-0.2, -0.15) is 4.31 Å². The number of anilines is 1. The van der Waals surface area contributed by atoms with E-state index in [1.807, 2.05) is 51.0 Å². The number of benzene rings is 1. The highest BCUT2D eigenvalue weighted by atomic mass is 32.2. The van der Waals surface area contributed by atoms with E-state index in [0.717, 1.165) is 24.9 Å². The number of rotatable bonds is 7. The van der Waals surface area contributed by atoms with Gasteiger partial charge in [0, 0.05) is 52.4 Å². The molecule has 12 heteroatoms. The zero-order valence-corrected chi connectivity index (χ0v) is 26.4. The summed E-state index contributed by atoms with van der Waals surface area (Å²) in [6.45, 7) is 9.40. The average molecular weight is 595 g/mol. The number of amides is 1. The monoisotopic (exact) mass is 594 g/mol. The van der Waals surface area contributed by atoms with Crippen molar-refractivity contribution in [2.24, 2.45) is 5.92 Å². The van der Waals surface area contributed by atoms with Crippen LogP contribution in [0.25, 0.3) is 0 Å². The van der Waals surface area contributed by atoms with Gasteiger partial charge in [0.2, 0.25) is 10.0 Å². The molecule has 1 aromatic carbocycles. The van der Waals surface area contributed by atoms with Gasteiger partial charge >= 0.3 is 0 Å². The van der Waals surface area contributed by atoms with Gasteiger partial charge < -0.3 is 28.9 Å². The van der Waals surface area contributed by atoms with E-state index in [2.05, 4.69) is 5.16 Å². The number of ether oxygens (including phenoxy) is 2. The van der Waals surface area contributed by atoms with E-state index in [4.69, 9.17) is 14.0 Å². The molecule has 0 spiro atoms. The molecule has 2 heterocycles. The van der Waals surface area contributed by atoms with Gasteiger partial charge in [0.05, 0.1) is 30.4 Å². The Morgan fingerprint density at radius 1 is 1.17 bits per heavy atom. The Morgan fingerprint density at radius 3 is 2.49 bits per heavy atom. The number of fused-ring (bicyclic) bond motifs is 1. The molecule has 2 aromatic rings. The van der Waals surface area contributed by atoms with Crippen LogP contribution in [-0.2, 0) is 14.8 Å². The van der Waals surface area contributed by atoms with E-state index in [9.17, 15) is 18.3 Å². The molecular weight excluding hydrogens is 548 g/mol. The smallest absolute Gasteiger partial charge is 0.258 e. The molecule has 1 aliphatic rings. The summed E-state index contributed by atoms with van der Waals surface area (Å²) in [5.74, 6) is 0.205. The Bertz CT molecular complexity index is 1260. The van der Waals surface area contributed by atoms with E-state index in [0.29, 0.717) is 23.6 Å². The SMILES string of the molecule is Cc1noc(C)c1S(=O)(=O)N(C)C[C@@H]1OCCCC[C@@H](C)Oc2ccc(N(C)C)cc2C(=O)N([C@H](C)CO)C[C@H]1C. The fraction of sp³-hybridized carbons (Fsp3) is 0.655. The average Bonchev–Trinajstić information content (AvgIpc) is 3.27. The minimum Gasteiger partial charge on any atom is -0.490 e. The fourth-order valence-corrected chi connectivity index (χ4v) is 6.47. The summed E-state index contributed by atoms with van der Waals surface area (Å²) in [6, 6.07) is 5.08. The lowest BCUT2D eigenvalue weighted by Crippen LogP contribution is -2.48. The van der Waals surface area contributed by atoms with Crippen LogP contribution in [0, 0.1) is 19.8 Å². The number of aliphatic hydroxyl groups is 1. The van der Waals surface area contributed by atoms with Crippen LogP contribution in [0.1, 0.15) is 61.8 Å². The first-order chi connectivity index (χ1) is 19.3. The number of sulfonamides is 1. The second kappa shape index (κ2) is 14.0. The lowest BCUT2D eigenvalue weighted by Gasteiger charge is -2.35. The molecule has 3 rings (SSSR count). The van der Waals surface area contributed by atoms with Gasteiger partial charge in [-0.05, 0) is 65.2 Å². The number of hydrogen-bond donors (Lipinski definition) is 1. The molecule has 0 fully saturated rings. The molecule has 0 bridgehead atoms. The molecule has 0 radical (unpaired) electrons. The molecule has 4 atom stereocenters. The minimum atomic E-state index is -3.89. The van der Waals surface area contributed by atoms with Gasteiger partial charge in [-0.15, -0.1) is 0 Å². The number of carbonyl (C=O) groups is 1. The second-order valence-corrected chi connectivity index (χ2v) is 13.3. The molecule has 0 aliphatic carbocycles. The summed E-state index contributed by atoms with van der Waals surface area (Å²) in [5.41, 5.74) is 1.57. The van der Waals surface area contributed by atoms with Crippen LogP contribution < -0.4 is 9.64 Å². The van der Waals surface area contributed by atoms with Gasteiger partial charge in [0.1, 0.15) is 16.3 Å². The second-order valence-electron chi connectivity index (χ2n) is 11.3. The van der Waals surface area contributed by atoms with Crippen molar-refractivity contribution in [3.63, 3.8) is 0 Å². The number of hydrogen-bond acceptors (Lipinski definition) is 9. The minimum absolute atomic E-state index is 0.0570. The highest BCUT2D eigenvalue weighted by Gasteiger charge is 2.34. The van der Waals surface area contributed by atoms with E-state index < -0.39 is 22.2 Å². The van der Waals surface area contributed by atoms with Crippen molar-refractivity contribution < 1.29 is 32.3 Å². The van der Waals surface area contributed by atoms with Crippen molar-refractivity contribution in [2.45, 2.75) is 77.0 Å². The molecule has 11 nitrogen and oxygen atoms in total. The number of aliphatic hydroxyl groups excluding tert-OH is 1. The van der Waals surface area contributed by atoms with E-state index in [1.54, 1.807) is 25.7 Å². The van der Waals surface area contributed by atoms with Crippen LogP contribution in [0.15, 0.2) is 27.6 Å². The van der Waals surface area contributed by atoms with Gasteiger partial charge in [-0.1, -0.05) is 12.1 Å². The first-order valence-electron chi connectivity index (χ1n) is 14.2. The number of aromatic nitrogens is 1. The molecule has 0 saturated heterocycles. The maximum absolute atomic E-state index is 14.1. The van der Waals surface area contributed by atoms with E-state index >= 15 is 0 Å². The number of nitrogens with zero attached hydrogens (tertiary/aromatic N) is 4. The fourth-order valence-electron chi connectivity index (χ4n) is 5.00. The maximum Gasteiger partial charge on any atom is 0.258 e. The number of carbonyl (C=O) groups excluding carboxylic acids is 1. The molecule has 230 valence electrons. The van der Waals surface area contributed by atoms with Crippen molar-refractivity contribution in [3.8, 4) is 5.75 Å². The number of likely N-dealkylation sites (N-methyl/N-ethyl adjacent to an activating group) is 1. The Balaban J connectivity index is 1.98. The first-order valence-corrected chi connectivity index (χ1v) is 15.6. The summed E-state index contributed by atoms with van der Waals surface area (Å²) < 4.78 is 45.8. The summed E-state index contributed by atoms with van der Waals surface area (Å²) >= 11 is 0. The lowest BCUT2D eigenvalue weighted by molar-refractivity contribution is -0.00835. The Kier molecular flexibility index (Phi) is 11.2. The normalized spacial score (nSPS) is 22.1. The highest BCUT2D eigenvalue weighted by molar-refractivity contribution is 7.89. The van der Waals surface area contributed by atoms with Crippen molar-refractivity contribution in [1.82, 2.24) is 14.4 Å². The first kappa shape index (κ1) is 32.8. The zero-order chi connectivity index (χ0) is 30.5. The topological polar surface area (TPSA) is 126 Å². The van der Waals surface area contributed by atoms with E-state index in [1.165, 1.54) is 11.4 Å². The third-order valence-electron chi connectivity index (χ3n) is 7.62. The third-order valence-corrected chi connectivity index (χ3v) is 9.69. The summed E-state index contributed by atoms with van der Waals surface area (Å²) in [4.78, 5) is 17.7. The standard InChI is InChI=1S/C29H46N4O7S/c1-19-16-33(20(2)18-34)29(35)25-15-24(31(6)7)12-13-26(25)39-21(3)11-9-10-14-38-27(19)17-32(8)41(36,37)28-22(4)30-40-23(28)5/h12-13,15,19-21,27,34H,9-11,14,16-18H2,1-8H3/t19-,20-,21-,27+/m1/s1. The largest absolute Gasteiger partial charge is 0.490 e. The predicted octanol–water partition coefficient (Wildman–Crippen LogP) is 3.47. The zero-order valence-electron chi connectivity index (χ0n) is 25.6. The van der Waals surface area contributed by atoms with Crippen LogP contribution >= 0.6 is 0 Å². The van der Waals surface area contributed by atoms with Crippen molar-refractivity contribution in [3.05, 3.63) is 35.2 Å². The van der Waals surface area contributed by atoms with Crippen LogP contribution in [0.2, 0.25) is 0 Å². The summed E-state index contributed by atoms with van der Waals surface area (Å²) in [5, 5.41) is 13.9. The van der Waals surface area contributed by atoms with Crippen LogP contribution in [0.5, 0.6) is 5.75 Å². The van der Waals surface area contributed by atoms with Crippen molar-refractivity contribution in [1.29, 1.82) is 0 Å². The quantitative estimate of drug-likeness (QED) is 0.513. The molecule has 1 N–H and O–H groups in total. The highest BCUT2D eigenvalue weighted by Crippen LogP contribution is 2.30. The van der Waals surface area contributed by atoms with Gasteiger partial charge in [-0.3, -0.25) is 4.79 Å². The maximum atomic E-state index is 14.1. The number of aryl methyl sites for hydroxylation is 2. The molecule has 1 amide bonds. The molecule has 1 aliphatic heterocycles. The Hall–Kier alpha value is -2.67. The third kappa shape index (κ3) is 7.79. The van der Waals surface area contributed by atoms with Gasteiger partial charge in [-0.25, -0.2) is 8.42 Å². The summed E-state index contributed by atoms with van der Waals surface area (Å²) in [7, 11) is 1.44. The Labute approximate surface area is 244 Å². The van der Waals surface area contributed by atoms with E-state index in [-0.39, 0.29) is 48.3 Å². The lowest BCUT2D eigenvalue weighted by atomic mass is 10.0.